The first kappa shape index (κ1) is 14.2. The Morgan fingerprint density at radius 2 is 1.94 bits per heavy atom. The Morgan fingerprint density at radius 3 is 2.39 bits per heavy atom. The maximum atomic E-state index is 12.0. The van der Waals surface area contributed by atoms with Crippen molar-refractivity contribution in [2.75, 3.05) is 5.32 Å². The summed E-state index contributed by atoms with van der Waals surface area (Å²) < 4.78 is 0. The van der Waals surface area contributed by atoms with E-state index in [2.05, 4.69) is 15.6 Å². The lowest BCUT2D eigenvalue weighted by atomic mass is 10.0. The van der Waals surface area contributed by atoms with Gasteiger partial charge in [0, 0.05) is 13.1 Å². The van der Waals surface area contributed by atoms with Gasteiger partial charge in [0.2, 0.25) is 11.8 Å². The van der Waals surface area contributed by atoms with Gasteiger partial charge < -0.3 is 10.6 Å². The highest BCUT2D eigenvalue weighted by Crippen LogP contribution is 2.08. The van der Waals surface area contributed by atoms with Crippen LogP contribution in [0.1, 0.15) is 26.3 Å². The molecule has 0 saturated carbocycles. The van der Waals surface area contributed by atoms with E-state index >= 15 is 0 Å². The van der Waals surface area contributed by atoms with Crippen molar-refractivity contribution in [3.05, 3.63) is 23.9 Å². The molecular weight excluding hydrogens is 230 g/mol. The molecule has 0 unspecified atom stereocenters. The molecule has 0 spiro atoms. The first-order valence-corrected chi connectivity index (χ1v) is 5.90. The molecule has 0 saturated heterocycles. The second kappa shape index (κ2) is 6.14. The Labute approximate surface area is 107 Å². The van der Waals surface area contributed by atoms with Gasteiger partial charge in [-0.2, -0.15) is 0 Å². The zero-order valence-corrected chi connectivity index (χ0v) is 11.2. The molecule has 98 valence electrons. The number of carbonyl (C=O) groups is 2. The number of amides is 2. The average Bonchev–Trinajstić information content (AvgIpc) is 2.28. The van der Waals surface area contributed by atoms with Crippen molar-refractivity contribution in [1.82, 2.24) is 10.3 Å². The second-order valence-electron chi connectivity index (χ2n) is 4.63. The number of rotatable bonds is 4. The van der Waals surface area contributed by atoms with Gasteiger partial charge in [-0.15, -0.1) is 0 Å². The van der Waals surface area contributed by atoms with E-state index in [-0.39, 0.29) is 17.7 Å². The molecule has 5 nitrogen and oxygen atoms in total. The summed E-state index contributed by atoms with van der Waals surface area (Å²) in [4.78, 5) is 27.2. The van der Waals surface area contributed by atoms with Gasteiger partial charge in [-0.25, -0.2) is 4.98 Å². The Kier molecular flexibility index (Phi) is 4.83. The number of anilines is 1. The average molecular weight is 249 g/mol. The molecule has 2 N–H and O–H groups in total. The van der Waals surface area contributed by atoms with Crippen molar-refractivity contribution in [2.45, 2.75) is 33.7 Å². The fraction of sp³-hybridized carbons (Fsp3) is 0.462. The number of carbonyl (C=O) groups excluding carboxylic acids is 2. The Morgan fingerprint density at radius 1 is 1.28 bits per heavy atom. The fourth-order valence-corrected chi connectivity index (χ4v) is 1.50. The minimum absolute atomic E-state index is 0.0133. The van der Waals surface area contributed by atoms with Crippen LogP contribution in [0, 0.1) is 12.8 Å². The molecule has 0 radical (unpaired) electrons. The summed E-state index contributed by atoms with van der Waals surface area (Å²) in [5.74, 6) is 0.0261. The summed E-state index contributed by atoms with van der Waals surface area (Å²) in [6, 6.07) is 3.05. The number of hydrogen-bond acceptors (Lipinski definition) is 3. The van der Waals surface area contributed by atoms with Crippen LogP contribution < -0.4 is 10.6 Å². The van der Waals surface area contributed by atoms with Crippen molar-refractivity contribution >= 4 is 17.6 Å². The Bertz CT molecular complexity index is 426. The largest absolute Gasteiger partial charge is 0.344 e. The summed E-state index contributed by atoms with van der Waals surface area (Å²) in [6.07, 6.45) is 1.68. The van der Waals surface area contributed by atoms with Crippen molar-refractivity contribution in [3.63, 3.8) is 0 Å². The molecule has 0 aliphatic rings. The highest BCUT2D eigenvalue weighted by Gasteiger charge is 2.23. The third-order valence-corrected chi connectivity index (χ3v) is 2.47. The van der Waals surface area contributed by atoms with Crippen LogP contribution in [0.4, 0.5) is 5.82 Å². The minimum atomic E-state index is -0.550. The molecule has 1 rings (SSSR count). The number of nitrogens with one attached hydrogen (secondary N) is 2. The maximum Gasteiger partial charge on any atom is 0.248 e. The van der Waals surface area contributed by atoms with Gasteiger partial charge >= 0.3 is 0 Å². The van der Waals surface area contributed by atoms with E-state index in [4.69, 9.17) is 0 Å². The highest BCUT2D eigenvalue weighted by molar-refractivity contribution is 5.96. The number of pyridine rings is 1. The molecule has 5 heteroatoms. The summed E-state index contributed by atoms with van der Waals surface area (Å²) in [5, 5.41) is 5.32. The number of nitrogens with zero attached hydrogens (tertiary/aromatic N) is 1. The zero-order chi connectivity index (χ0) is 13.7. The van der Waals surface area contributed by atoms with E-state index in [1.54, 1.807) is 12.3 Å². The Hall–Kier alpha value is -1.91. The van der Waals surface area contributed by atoms with E-state index < -0.39 is 6.04 Å². The lowest BCUT2D eigenvalue weighted by Gasteiger charge is -2.20. The fourth-order valence-electron chi connectivity index (χ4n) is 1.50. The molecule has 1 aromatic heterocycles. The first-order chi connectivity index (χ1) is 8.40. The predicted molar refractivity (Wildman–Crippen MR) is 70.0 cm³/mol. The standard InChI is InChI=1S/C13H19N3O2/c1-8(2)12(15-10(4)17)13(18)16-11-6-5-9(3)7-14-11/h5-8,12H,1-4H3,(H,15,17)(H,14,16,18)/t12-/m0/s1. The smallest absolute Gasteiger partial charge is 0.248 e. The van der Waals surface area contributed by atoms with Crippen LogP contribution in [0.25, 0.3) is 0 Å². The van der Waals surface area contributed by atoms with Crippen LogP contribution in [0.15, 0.2) is 18.3 Å². The van der Waals surface area contributed by atoms with E-state index in [0.29, 0.717) is 5.82 Å². The summed E-state index contributed by atoms with van der Waals surface area (Å²) in [7, 11) is 0. The SMILES string of the molecule is CC(=O)N[C@H](C(=O)Nc1ccc(C)cn1)C(C)C. The predicted octanol–water partition coefficient (Wildman–Crippen LogP) is 1.49. The van der Waals surface area contributed by atoms with E-state index in [1.165, 1.54) is 6.92 Å². The van der Waals surface area contributed by atoms with Crippen LogP contribution in [0.2, 0.25) is 0 Å². The van der Waals surface area contributed by atoms with Crippen molar-refractivity contribution < 1.29 is 9.59 Å². The number of hydrogen-bond donors (Lipinski definition) is 2. The van der Waals surface area contributed by atoms with Gasteiger partial charge in [0.1, 0.15) is 11.9 Å². The Balaban J connectivity index is 2.72. The highest BCUT2D eigenvalue weighted by atomic mass is 16.2. The molecule has 2 amide bonds. The van der Waals surface area contributed by atoms with Gasteiger partial charge in [0.15, 0.2) is 0 Å². The zero-order valence-electron chi connectivity index (χ0n) is 11.2. The topological polar surface area (TPSA) is 71.1 Å². The molecule has 0 fully saturated rings. The van der Waals surface area contributed by atoms with Gasteiger partial charge in [-0.3, -0.25) is 9.59 Å². The van der Waals surface area contributed by atoms with E-state index in [1.807, 2.05) is 26.8 Å². The van der Waals surface area contributed by atoms with E-state index in [0.717, 1.165) is 5.56 Å². The first-order valence-electron chi connectivity index (χ1n) is 5.90. The molecule has 18 heavy (non-hydrogen) atoms. The normalized spacial score (nSPS) is 12.1. The van der Waals surface area contributed by atoms with Crippen molar-refractivity contribution in [3.8, 4) is 0 Å². The molecular formula is C13H19N3O2. The summed E-state index contributed by atoms with van der Waals surface area (Å²) in [5.41, 5.74) is 1.02. The molecule has 1 aromatic rings. The number of aryl methyl sites for hydroxylation is 1. The maximum absolute atomic E-state index is 12.0. The summed E-state index contributed by atoms with van der Waals surface area (Å²) >= 11 is 0. The molecule has 0 bridgehead atoms. The molecule has 0 aliphatic heterocycles. The van der Waals surface area contributed by atoms with Gasteiger partial charge in [-0.1, -0.05) is 19.9 Å². The van der Waals surface area contributed by atoms with Crippen LogP contribution in [-0.4, -0.2) is 22.8 Å². The molecule has 0 aliphatic carbocycles. The lowest BCUT2D eigenvalue weighted by Crippen LogP contribution is -2.46. The third kappa shape index (κ3) is 4.16. The molecule has 1 heterocycles. The van der Waals surface area contributed by atoms with Crippen molar-refractivity contribution in [2.24, 2.45) is 5.92 Å². The third-order valence-electron chi connectivity index (χ3n) is 2.47. The summed E-state index contributed by atoms with van der Waals surface area (Å²) in [6.45, 7) is 7.07. The van der Waals surface area contributed by atoms with Gasteiger partial charge in [-0.05, 0) is 24.5 Å². The molecule has 1 atom stereocenters. The van der Waals surface area contributed by atoms with Gasteiger partial charge in [0.25, 0.3) is 0 Å². The minimum Gasteiger partial charge on any atom is -0.344 e. The van der Waals surface area contributed by atoms with Crippen LogP contribution in [0.3, 0.4) is 0 Å². The number of aromatic nitrogens is 1. The monoisotopic (exact) mass is 249 g/mol. The van der Waals surface area contributed by atoms with Crippen LogP contribution >= 0.6 is 0 Å². The van der Waals surface area contributed by atoms with Crippen LogP contribution in [-0.2, 0) is 9.59 Å². The lowest BCUT2D eigenvalue weighted by molar-refractivity contribution is -0.126. The quantitative estimate of drug-likeness (QED) is 0.849. The van der Waals surface area contributed by atoms with Gasteiger partial charge in [0.05, 0.1) is 0 Å². The second-order valence-corrected chi connectivity index (χ2v) is 4.63. The van der Waals surface area contributed by atoms with E-state index in [9.17, 15) is 9.59 Å². The molecule has 0 aromatic carbocycles. The van der Waals surface area contributed by atoms with Crippen LogP contribution in [0.5, 0.6) is 0 Å². The van der Waals surface area contributed by atoms with Crippen molar-refractivity contribution in [1.29, 1.82) is 0 Å².